The third kappa shape index (κ3) is 4.44. The number of hydrogen-bond acceptors (Lipinski definition) is 5. The van der Waals surface area contributed by atoms with Gasteiger partial charge in [0.1, 0.15) is 5.75 Å². The standard InChI is InChI=1S/C22H24N2O3S/c1-4-28-20-19(17-7-9-18(10-8-17)27-14-15(2)3)21(25)24(22(20)26)13-16-6-5-11-23-12-16/h5-12,15H,4,13-14H2,1-3H3. The SMILES string of the molecule is CCSC1=C(c2ccc(OCC(C)C)cc2)C(=O)N(Cc2cccnc2)C1=O. The molecule has 0 atom stereocenters. The quantitative estimate of drug-likeness (QED) is 0.628. The molecule has 2 heterocycles. The lowest BCUT2D eigenvalue weighted by atomic mass is 10.1. The van der Waals surface area contributed by atoms with Gasteiger partial charge in [-0.25, -0.2) is 0 Å². The van der Waals surface area contributed by atoms with Crippen LogP contribution in [0.4, 0.5) is 0 Å². The number of thioether (sulfide) groups is 1. The Morgan fingerprint density at radius 3 is 2.46 bits per heavy atom. The van der Waals surface area contributed by atoms with Crippen molar-refractivity contribution < 1.29 is 14.3 Å². The molecule has 0 saturated carbocycles. The number of ether oxygens (including phenoxy) is 1. The summed E-state index contributed by atoms with van der Waals surface area (Å²) in [5.74, 6) is 1.40. The number of carbonyl (C=O) groups excluding carboxylic acids is 2. The summed E-state index contributed by atoms with van der Waals surface area (Å²) >= 11 is 1.41. The minimum absolute atomic E-state index is 0.221. The molecule has 0 aliphatic carbocycles. The first-order chi connectivity index (χ1) is 13.5. The van der Waals surface area contributed by atoms with Crippen molar-refractivity contribution in [2.24, 2.45) is 5.92 Å². The minimum atomic E-state index is -0.263. The van der Waals surface area contributed by atoms with E-state index in [9.17, 15) is 9.59 Å². The fourth-order valence-electron chi connectivity index (χ4n) is 2.89. The van der Waals surface area contributed by atoms with Gasteiger partial charge in [0.05, 0.1) is 23.6 Å². The first-order valence-electron chi connectivity index (χ1n) is 9.36. The van der Waals surface area contributed by atoms with Crippen molar-refractivity contribution in [2.75, 3.05) is 12.4 Å². The van der Waals surface area contributed by atoms with Crippen molar-refractivity contribution in [1.82, 2.24) is 9.88 Å². The monoisotopic (exact) mass is 396 g/mol. The molecule has 0 unspecified atom stereocenters. The first kappa shape index (κ1) is 20.1. The van der Waals surface area contributed by atoms with Gasteiger partial charge < -0.3 is 4.74 Å². The lowest BCUT2D eigenvalue weighted by Gasteiger charge is -2.15. The van der Waals surface area contributed by atoms with Crippen molar-refractivity contribution in [3.63, 3.8) is 0 Å². The molecule has 6 heteroatoms. The summed E-state index contributed by atoms with van der Waals surface area (Å²) in [4.78, 5) is 31.9. The molecule has 5 nitrogen and oxygen atoms in total. The molecule has 1 aromatic carbocycles. The lowest BCUT2D eigenvalue weighted by molar-refractivity contribution is -0.137. The maximum atomic E-state index is 13.1. The van der Waals surface area contributed by atoms with E-state index in [1.54, 1.807) is 18.5 Å². The highest BCUT2D eigenvalue weighted by Gasteiger charge is 2.38. The molecular weight excluding hydrogens is 372 g/mol. The Morgan fingerprint density at radius 2 is 1.86 bits per heavy atom. The zero-order valence-electron chi connectivity index (χ0n) is 16.3. The normalized spacial score (nSPS) is 14.4. The van der Waals surface area contributed by atoms with Crippen molar-refractivity contribution in [3.05, 3.63) is 64.8 Å². The molecule has 0 fully saturated rings. The van der Waals surface area contributed by atoms with Crippen molar-refractivity contribution in [3.8, 4) is 5.75 Å². The van der Waals surface area contributed by atoms with Crippen LogP contribution in [-0.4, -0.2) is 34.1 Å². The van der Waals surface area contributed by atoms with Crippen molar-refractivity contribution >= 4 is 29.1 Å². The average Bonchev–Trinajstić information content (AvgIpc) is 2.92. The van der Waals surface area contributed by atoms with Gasteiger partial charge in [-0.05, 0) is 41.0 Å². The Morgan fingerprint density at radius 1 is 1.11 bits per heavy atom. The number of rotatable bonds is 8. The summed E-state index contributed by atoms with van der Waals surface area (Å²) in [6, 6.07) is 11.0. The summed E-state index contributed by atoms with van der Waals surface area (Å²) in [6.45, 7) is 7.01. The summed E-state index contributed by atoms with van der Waals surface area (Å²) in [5.41, 5.74) is 2.03. The molecule has 1 aliphatic rings. The highest BCUT2D eigenvalue weighted by Crippen LogP contribution is 2.37. The van der Waals surface area contributed by atoms with Crippen LogP contribution >= 0.6 is 11.8 Å². The van der Waals surface area contributed by atoms with E-state index in [4.69, 9.17) is 4.74 Å². The Balaban J connectivity index is 1.86. The predicted octanol–water partition coefficient (Wildman–Crippen LogP) is 4.15. The van der Waals surface area contributed by atoms with Crippen molar-refractivity contribution in [2.45, 2.75) is 27.3 Å². The second kappa shape index (κ2) is 9.06. The van der Waals surface area contributed by atoms with Crippen LogP contribution in [0, 0.1) is 5.92 Å². The number of imide groups is 1. The number of benzene rings is 1. The third-order valence-electron chi connectivity index (χ3n) is 4.20. The minimum Gasteiger partial charge on any atom is -0.493 e. The second-order valence-electron chi connectivity index (χ2n) is 6.92. The van der Waals surface area contributed by atoms with Crippen LogP contribution in [0.15, 0.2) is 53.7 Å². The fourth-order valence-corrected chi connectivity index (χ4v) is 3.76. The molecule has 0 bridgehead atoms. The van der Waals surface area contributed by atoms with E-state index in [0.717, 1.165) is 16.9 Å². The Hall–Kier alpha value is -2.60. The van der Waals surface area contributed by atoms with Gasteiger partial charge in [-0.1, -0.05) is 39.0 Å². The molecule has 0 spiro atoms. The number of aromatic nitrogens is 1. The molecule has 3 rings (SSSR count). The topological polar surface area (TPSA) is 59.5 Å². The van der Waals surface area contributed by atoms with E-state index < -0.39 is 0 Å². The van der Waals surface area contributed by atoms with Gasteiger partial charge in [0, 0.05) is 12.4 Å². The maximum absolute atomic E-state index is 13.1. The molecule has 146 valence electrons. The molecule has 1 aromatic heterocycles. The maximum Gasteiger partial charge on any atom is 0.268 e. The number of pyridine rings is 1. The molecule has 2 aromatic rings. The van der Waals surface area contributed by atoms with Gasteiger partial charge in [-0.15, -0.1) is 11.8 Å². The van der Waals surface area contributed by atoms with Crippen LogP contribution in [0.2, 0.25) is 0 Å². The smallest absolute Gasteiger partial charge is 0.268 e. The van der Waals surface area contributed by atoms with E-state index in [0.29, 0.717) is 28.8 Å². The Labute approximate surface area is 169 Å². The Bertz CT molecular complexity index is 876. The van der Waals surface area contributed by atoms with Gasteiger partial charge in [-0.3, -0.25) is 19.5 Å². The van der Waals surface area contributed by atoms with Gasteiger partial charge in [0.25, 0.3) is 11.8 Å². The third-order valence-corrected chi connectivity index (χ3v) is 5.16. The zero-order valence-corrected chi connectivity index (χ0v) is 17.2. The number of hydrogen-bond donors (Lipinski definition) is 0. The van der Waals surface area contributed by atoms with E-state index in [2.05, 4.69) is 18.8 Å². The van der Waals surface area contributed by atoms with E-state index in [1.807, 2.05) is 37.3 Å². The van der Waals surface area contributed by atoms with Gasteiger partial charge in [0.2, 0.25) is 0 Å². The second-order valence-corrected chi connectivity index (χ2v) is 8.20. The molecular formula is C22H24N2O3S. The van der Waals surface area contributed by atoms with E-state index >= 15 is 0 Å². The van der Waals surface area contributed by atoms with Crippen LogP contribution < -0.4 is 4.74 Å². The van der Waals surface area contributed by atoms with E-state index in [-0.39, 0.29) is 18.4 Å². The highest BCUT2D eigenvalue weighted by atomic mass is 32.2. The summed E-state index contributed by atoms with van der Waals surface area (Å²) in [7, 11) is 0. The average molecular weight is 397 g/mol. The number of carbonyl (C=O) groups is 2. The Kier molecular flexibility index (Phi) is 6.52. The van der Waals surface area contributed by atoms with Gasteiger partial charge in [-0.2, -0.15) is 0 Å². The van der Waals surface area contributed by atoms with Gasteiger partial charge >= 0.3 is 0 Å². The summed E-state index contributed by atoms with van der Waals surface area (Å²) < 4.78 is 5.72. The van der Waals surface area contributed by atoms with E-state index in [1.165, 1.54) is 16.7 Å². The van der Waals surface area contributed by atoms with Gasteiger partial charge in [0.15, 0.2) is 0 Å². The molecule has 1 aliphatic heterocycles. The number of amides is 2. The first-order valence-corrected chi connectivity index (χ1v) is 10.3. The van der Waals surface area contributed by atoms with Crippen LogP contribution in [0.1, 0.15) is 31.9 Å². The zero-order chi connectivity index (χ0) is 20.1. The lowest BCUT2D eigenvalue weighted by Crippen LogP contribution is -2.31. The largest absolute Gasteiger partial charge is 0.493 e. The van der Waals surface area contributed by atoms with Crippen LogP contribution in [0.5, 0.6) is 5.75 Å². The summed E-state index contributed by atoms with van der Waals surface area (Å²) in [5, 5.41) is 0. The molecule has 0 saturated heterocycles. The number of nitrogens with zero attached hydrogens (tertiary/aromatic N) is 2. The molecule has 0 radical (unpaired) electrons. The highest BCUT2D eigenvalue weighted by molar-refractivity contribution is 8.04. The summed E-state index contributed by atoms with van der Waals surface area (Å²) in [6.07, 6.45) is 3.34. The van der Waals surface area contributed by atoms with Crippen LogP contribution in [0.3, 0.4) is 0 Å². The molecule has 2 amide bonds. The van der Waals surface area contributed by atoms with Crippen molar-refractivity contribution in [1.29, 1.82) is 0 Å². The molecule has 28 heavy (non-hydrogen) atoms. The van der Waals surface area contributed by atoms with Crippen LogP contribution in [-0.2, 0) is 16.1 Å². The van der Waals surface area contributed by atoms with Crippen LogP contribution in [0.25, 0.3) is 5.57 Å². The fraction of sp³-hybridized carbons (Fsp3) is 0.318. The predicted molar refractivity (Wildman–Crippen MR) is 112 cm³/mol. The molecule has 0 N–H and O–H groups in total.